The molecule has 3 heteroatoms. The first-order chi connectivity index (χ1) is 7.09. The first kappa shape index (κ1) is 10.4. The second-order valence-electron chi connectivity index (χ2n) is 4.25. The summed E-state index contributed by atoms with van der Waals surface area (Å²) in [5.41, 5.74) is 0.672. The van der Waals surface area contributed by atoms with Crippen molar-refractivity contribution in [2.24, 2.45) is 5.92 Å². The average molecular weight is 208 g/mol. The molecule has 0 bridgehead atoms. The lowest BCUT2D eigenvalue weighted by Gasteiger charge is -2.12. The molecule has 2 unspecified atom stereocenters. The van der Waals surface area contributed by atoms with Crippen molar-refractivity contribution in [1.82, 2.24) is 0 Å². The van der Waals surface area contributed by atoms with Crippen LogP contribution in [-0.4, -0.2) is 18.5 Å². The van der Waals surface area contributed by atoms with Crippen LogP contribution in [0.2, 0.25) is 0 Å². The number of hydrogen-bond donors (Lipinski definition) is 0. The molecule has 0 N–H and O–H groups in total. The third-order valence-electron chi connectivity index (χ3n) is 2.95. The van der Waals surface area contributed by atoms with Gasteiger partial charge in [0.15, 0.2) is 5.78 Å². The van der Waals surface area contributed by atoms with Gasteiger partial charge >= 0.3 is 0 Å². The van der Waals surface area contributed by atoms with E-state index in [0.29, 0.717) is 23.8 Å². The molecule has 0 saturated carbocycles. The summed E-state index contributed by atoms with van der Waals surface area (Å²) in [7, 11) is 0. The van der Waals surface area contributed by atoms with E-state index in [1.54, 1.807) is 6.07 Å². The highest BCUT2D eigenvalue weighted by Gasteiger charge is 2.33. The molecular formula is C12H16O3. The summed E-state index contributed by atoms with van der Waals surface area (Å²) in [5.74, 6) is 1.85. The molecule has 15 heavy (non-hydrogen) atoms. The maximum Gasteiger partial charge on any atom is 0.195 e. The van der Waals surface area contributed by atoms with Gasteiger partial charge in [0.2, 0.25) is 0 Å². The van der Waals surface area contributed by atoms with E-state index in [-0.39, 0.29) is 11.9 Å². The van der Waals surface area contributed by atoms with Crippen molar-refractivity contribution in [3.05, 3.63) is 23.2 Å². The highest BCUT2D eigenvalue weighted by molar-refractivity contribution is 6.00. The summed E-state index contributed by atoms with van der Waals surface area (Å²) in [6.45, 7) is 6.41. The molecule has 3 nitrogen and oxygen atoms in total. The molecule has 1 fully saturated rings. The predicted molar refractivity (Wildman–Crippen MR) is 56.0 cm³/mol. The minimum Gasteiger partial charge on any atom is -0.466 e. The van der Waals surface area contributed by atoms with Crippen molar-refractivity contribution in [1.29, 1.82) is 0 Å². The van der Waals surface area contributed by atoms with Gasteiger partial charge in [0.25, 0.3) is 0 Å². The molecule has 1 saturated heterocycles. The monoisotopic (exact) mass is 208 g/mol. The molecule has 0 aliphatic carbocycles. The zero-order chi connectivity index (χ0) is 11.0. The minimum atomic E-state index is -0.277. The van der Waals surface area contributed by atoms with Gasteiger partial charge in [-0.05, 0) is 32.3 Å². The van der Waals surface area contributed by atoms with Crippen LogP contribution in [0, 0.1) is 19.8 Å². The van der Waals surface area contributed by atoms with Crippen molar-refractivity contribution in [3.8, 4) is 0 Å². The van der Waals surface area contributed by atoms with Crippen LogP contribution in [0.4, 0.5) is 0 Å². The average Bonchev–Trinajstić information content (AvgIpc) is 2.71. The smallest absolute Gasteiger partial charge is 0.195 e. The van der Waals surface area contributed by atoms with E-state index < -0.39 is 0 Å². The Balaban J connectivity index is 2.24. The van der Waals surface area contributed by atoms with E-state index in [1.807, 2.05) is 13.8 Å². The molecule has 82 valence electrons. The first-order valence-corrected chi connectivity index (χ1v) is 5.32. The first-order valence-electron chi connectivity index (χ1n) is 5.32. The highest BCUT2D eigenvalue weighted by Crippen LogP contribution is 2.25. The third kappa shape index (κ3) is 1.84. The Morgan fingerprint density at radius 3 is 2.67 bits per heavy atom. The second-order valence-corrected chi connectivity index (χ2v) is 4.25. The molecule has 0 radical (unpaired) electrons. The van der Waals surface area contributed by atoms with Crippen LogP contribution in [0.3, 0.4) is 0 Å². The molecule has 1 aliphatic heterocycles. The maximum atomic E-state index is 12.1. The lowest BCUT2D eigenvalue weighted by molar-refractivity contribution is 0.0578. The van der Waals surface area contributed by atoms with Gasteiger partial charge in [-0.1, -0.05) is 6.92 Å². The topological polar surface area (TPSA) is 39.4 Å². The van der Waals surface area contributed by atoms with Gasteiger partial charge in [-0.3, -0.25) is 4.79 Å². The van der Waals surface area contributed by atoms with Crippen LogP contribution < -0.4 is 0 Å². The second kappa shape index (κ2) is 3.81. The lowest BCUT2D eigenvalue weighted by atomic mass is 9.96. The van der Waals surface area contributed by atoms with E-state index in [2.05, 4.69) is 6.92 Å². The summed E-state index contributed by atoms with van der Waals surface area (Å²) < 4.78 is 10.8. The van der Waals surface area contributed by atoms with Gasteiger partial charge < -0.3 is 9.15 Å². The number of Topliss-reactive ketones (excluding diaryl/α,β-unsaturated/α-hetero) is 1. The molecule has 2 heterocycles. The predicted octanol–water partition coefficient (Wildman–Crippen LogP) is 2.50. The van der Waals surface area contributed by atoms with Crippen LogP contribution in [0.1, 0.15) is 35.2 Å². The van der Waals surface area contributed by atoms with Crippen LogP contribution in [0.15, 0.2) is 10.5 Å². The van der Waals surface area contributed by atoms with E-state index in [9.17, 15) is 4.79 Å². The van der Waals surface area contributed by atoms with E-state index in [4.69, 9.17) is 9.15 Å². The molecule has 1 aromatic heterocycles. The number of furan rings is 1. The molecule has 0 aromatic carbocycles. The zero-order valence-electron chi connectivity index (χ0n) is 9.37. The van der Waals surface area contributed by atoms with Crippen molar-refractivity contribution >= 4 is 5.78 Å². The number of carbonyl (C=O) groups is 1. The zero-order valence-corrected chi connectivity index (χ0v) is 9.37. The van der Waals surface area contributed by atoms with Gasteiger partial charge in [0.1, 0.15) is 17.6 Å². The normalized spacial score (nSPS) is 25.8. The van der Waals surface area contributed by atoms with E-state index >= 15 is 0 Å². The SMILES string of the molecule is Cc1cc(C(=O)C2OCCC2C)c(C)o1. The van der Waals surface area contributed by atoms with Crippen molar-refractivity contribution in [2.75, 3.05) is 6.61 Å². The third-order valence-corrected chi connectivity index (χ3v) is 2.95. The number of aryl methyl sites for hydroxylation is 2. The number of ether oxygens (including phenoxy) is 1. The molecule has 2 atom stereocenters. The number of rotatable bonds is 2. The fourth-order valence-corrected chi connectivity index (χ4v) is 2.06. The molecule has 0 spiro atoms. The van der Waals surface area contributed by atoms with Crippen LogP contribution in [0.5, 0.6) is 0 Å². The van der Waals surface area contributed by atoms with Crippen LogP contribution in [-0.2, 0) is 4.74 Å². The summed E-state index contributed by atoms with van der Waals surface area (Å²) in [4.78, 5) is 12.1. The Hall–Kier alpha value is -1.09. The van der Waals surface area contributed by atoms with Gasteiger partial charge in [0, 0.05) is 6.61 Å². The summed E-state index contributed by atoms with van der Waals surface area (Å²) in [6.07, 6.45) is 0.687. The Bertz CT molecular complexity index is 378. The summed E-state index contributed by atoms with van der Waals surface area (Å²) >= 11 is 0. The van der Waals surface area contributed by atoms with Gasteiger partial charge in [-0.2, -0.15) is 0 Å². The number of carbonyl (C=O) groups excluding carboxylic acids is 1. The Kier molecular flexibility index (Phi) is 2.65. The number of ketones is 1. The molecule has 2 rings (SSSR count). The summed E-state index contributed by atoms with van der Waals surface area (Å²) in [6, 6.07) is 1.80. The quantitative estimate of drug-likeness (QED) is 0.701. The number of hydrogen-bond acceptors (Lipinski definition) is 3. The van der Waals surface area contributed by atoms with Crippen molar-refractivity contribution in [3.63, 3.8) is 0 Å². The fraction of sp³-hybridized carbons (Fsp3) is 0.583. The van der Waals surface area contributed by atoms with Crippen LogP contribution >= 0.6 is 0 Å². The molecule has 0 amide bonds. The highest BCUT2D eigenvalue weighted by atomic mass is 16.5. The van der Waals surface area contributed by atoms with Gasteiger partial charge in [0.05, 0.1) is 5.56 Å². The standard InChI is InChI=1S/C12H16O3/c1-7-4-5-14-12(7)11(13)10-6-8(2)15-9(10)3/h6-7,12H,4-5H2,1-3H3. The Labute approximate surface area is 89.4 Å². The van der Waals surface area contributed by atoms with Crippen LogP contribution in [0.25, 0.3) is 0 Å². The lowest BCUT2D eigenvalue weighted by Crippen LogP contribution is -2.25. The molecule has 1 aliphatic rings. The van der Waals surface area contributed by atoms with Crippen molar-refractivity contribution < 1.29 is 13.9 Å². The largest absolute Gasteiger partial charge is 0.466 e. The van der Waals surface area contributed by atoms with Gasteiger partial charge in [-0.25, -0.2) is 0 Å². The van der Waals surface area contributed by atoms with Crippen molar-refractivity contribution in [2.45, 2.75) is 33.3 Å². The maximum absolute atomic E-state index is 12.1. The fourth-order valence-electron chi connectivity index (χ4n) is 2.06. The van der Waals surface area contributed by atoms with E-state index in [0.717, 1.165) is 12.2 Å². The minimum absolute atomic E-state index is 0.0642. The molecule has 1 aromatic rings. The molecular weight excluding hydrogens is 192 g/mol. The van der Waals surface area contributed by atoms with E-state index in [1.165, 1.54) is 0 Å². The Morgan fingerprint density at radius 1 is 1.47 bits per heavy atom. The van der Waals surface area contributed by atoms with Gasteiger partial charge in [-0.15, -0.1) is 0 Å². The summed E-state index contributed by atoms with van der Waals surface area (Å²) in [5, 5.41) is 0. The Morgan fingerprint density at radius 2 is 2.20 bits per heavy atom.